The van der Waals surface area contributed by atoms with Crippen LogP contribution in [0.2, 0.25) is 5.02 Å². The van der Waals surface area contributed by atoms with Crippen molar-refractivity contribution >= 4 is 28.1 Å². The topological polar surface area (TPSA) is 42.2 Å². The van der Waals surface area contributed by atoms with Crippen molar-refractivity contribution in [3.05, 3.63) is 45.4 Å². The van der Waals surface area contributed by atoms with Crippen molar-refractivity contribution in [2.24, 2.45) is 5.73 Å². The number of hydrogen-bond acceptors (Lipinski definition) is 4. The van der Waals surface area contributed by atoms with E-state index in [0.717, 1.165) is 15.8 Å². The Balaban J connectivity index is 2.29. The van der Waals surface area contributed by atoms with Gasteiger partial charge in [0, 0.05) is 23.5 Å². The molecule has 2 rings (SSSR count). The van der Waals surface area contributed by atoms with Crippen LogP contribution in [0.3, 0.4) is 0 Å². The minimum absolute atomic E-state index is 0.209. The van der Waals surface area contributed by atoms with Gasteiger partial charge in [-0.05, 0) is 30.5 Å². The lowest BCUT2D eigenvalue weighted by Crippen LogP contribution is -2.21. The highest BCUT2D eigenvalue weighted by molar-refractivity contribution is 7.15. The summed E-state index contributed by atoms with van der Waals surface area (Å²) in [6.45, 7) is 7.01. The van der Waals surface area contributed by atoms with Crippen LogP contribution >= 0.6 is 22.9 Å². The lowest BCUT2D eigenvalue weighted by Gasteiger charge is -2.24. The van der Waals surface area contributed by atoms with Crippen LogP contribution in [0.1, 0.15) is 48.9 Å². The third-order valence-corrected chi connectivity index (χ3v) is 5.08. The minimum atomic E-state index is 0.209. The second kappa shape index (κ2) is 6.77. The van der Waals surface area contributed by atoms with E-state index in [4.69, 9.17) is 22.3 Å². The molecule has 0 aliphatic carbocycles. The van der Waals surface area contributed by atoms with Crippen molar-refractivity contribution in [2.45, 2.75) is 39.3 Å². The molecule has 1 aromatic carbocycles. The first-order valence-electron chi connectivity index (χ1n) is 7.12. The molecule has 0 amide bonds. The van der Waals surface area contributed by atoms with Crippen molar-refractivity contribution in [3.8, 4) is 0 Å². The third-order valence-electron chi connectivity index (χ3n) is 3.66. The van der Waals surface area contributed by atoms with Crippen LogP contribution in [-0.4, -0.2) is 12.0 Å². The molecule has 5 heteroatoms. The summed E-state index contributed by atoms with van der Waals surface area (Å²) in [6, 6.07) is 8.18. The van der Waals surface area contributed by atoms with E-state index in [1.165, 1.54) is 10.4 Å². The first kappa shape index (κ1) is 16.3. The molecule has 0 saturated heterocycles. The van der Waals surface area contributed by atoms with E-state index < -0.39 is 0 Å². The monoisotopic (exact) mass is 323 g/mol. The van der Waals surface area contributed by atoms with E-state index in [2.05, 4.69) is 38.8 Å². The predicted molar refractivity (Wildman–Crippen MR) is 92.4 cm³/mol. The quantitative estimate of drug-likeness (QED) is 0.876. The molecular weight excluding hydrogens is 302 g/mol. The molecule has 3 nitrogen and oxygen atoms in total. The van der Waals surface area contributed by atoms with E-state index >= 15 is 0 Å². The Kier molecular flexibility index (Phi) is 5.25. The summed E-state index contributed by atoms with van der Waals surface area (Å²) >= 11 is 7.76. The standard InChI is InChI=1S/C16H22ClN3S/c1-10(2)15-14(9-18)21-16(19-15)20(4)11(3)12-6-5-7-13(17)8-12/h5-8,10-11H,9,18H2,1-4H3. The van der Waals surface area contributed by atoms with Gasteiger partial charge in [0.25, 0.3) is 0 Å². The minimum Gasteiger partial charge on any atom is -0.344 e. The Labute approximate surface area is 135 Å². The molecule has 0 radical (unpaired) electrons. The number of benzene rings is 1. The maximum atomic E-state index is 6.08. The van der Waals surface area contributed by atoms with Crippen LogP contribution in [0.5, 0.6) is 0 Å². The van der Waals surface area contributed by atoms with E-state index in [1.807, 2.05) is 18.2 Å². The number of rotatable bonds is 5. The summed E-state index contributed by atoms with van der Waals surface area (Å²) in [5, 5.41) is 1.77. The maximum absolute atomic E-state index is 6.08. The maximum Gasteiger partial charge on any atom is 0.186 e. The van der Waals surface area contributed by atoms with E-state index in [-0.39, 0.29) is 6.04 Å². The molecular formula is C16H22ClN3S. The number of thiazole rings is 1. The molecule has 0 aliphatic rings. The van der Waals surface area contributed by atoms with E-state index in [0.29, 0.717) is 12.5 Å². The molecule has 0 aliphatic heterocycles. The molecule has 2 aromatic rings. The molecule has 21 heavy (non-hydrogen) atoms. The Hall–Kier alpha value is -1.10. The molecule has 1 heterocycles. The van der Waals surface area contributed by atoms with Crippen molar-refractivity contribution < 1.29 is 0 Å². The first-order valence-corrected chi connectivity index (χ1v) is 8.31. The number of aromatic nitrogens is 1. The highest BCUT2D eigenvalue weighted by atomic mass is 35.5. The van der Waals surface area contributed by atoms with Gasteiger partial charge < -0.3 is 10.6 Å². The fourth-order valence-electron chi connectivity index (χ4n) is 2.25. The highest BCUT2D eigenvalue weighted by Gasteiger charge is 2.19. The number of nitrogens with zero attached hydrogens (tertiary/aromatic N) is 2. The van der Waals surface area contributed by atoms with Crippen molar-refractivity contribution in [1.29, 1.82) is 0 Å². The predicted octanol–water partition coefficient (Wildman–Crippen LogP) is 4.58. The van der Waals surface area contributed by atoms with Crippen molar-refractivity contribution in [3.63, 3.8) is 0 Å². The average Bonchev–Trinajstić information content (AvgIpc) is 2.90. The number of hydrogen-bond donors (Lipinski definition) is 1. The molecule has 1 atom stereocenters. The Morgan fingerprint density at radius 1 is 1.33 bits per heavy atom. The van der Waals surface area contributed by atoms with Gasteiger partial charge in [0.2, 0.25) is 0 Å². The smallest absolute Gasteiger partial charge is 0.186 e. The largest absolute Gasteiger partial charge is 0.344 e. The molecule has 0 fully saturated rings. The third kappa shape index (κ3) is 3.57. The van der Waals surface area contributed by atoms with Crippen LogP contribution in [0.4, 0.5) is 5.13 Å². The van der Waals surface area contributed by atoms with Gasteiger partial charge in [-0.15, -0.1) is 11.3 Å². The fraction of sp³-hybridized carbons (Fsp3) is 0.438. The number of halogens is 1. The lowest BCUT2D eigenvalue weighted by atomic mass is 10.1. The Morgan fingerprint density at radius 3 is 2.57 bits per heavy atom. The molecule has 0 bridgehead atoms. The van der Waals surface area contributed by atoms with Gasteiger partial charge in [0.15, 0.2) is 5.13 Å². The normalized spacial score (nSPS) is 12.7. The molecule has 0 spiro atoms. The van der Waals surface area contributed by atoms with Gasteiger partial charge in [-0.25, -0.2) is 4.98 Å². The lowest BCUT2D eigenvalue weighted by molar-refractivity contribution is 0.729. The second-order valence-electron chi connectivity index (χ2n) is 5.51. The Morgan fingerprint density at radius 2 is 2.05 bits per heavy atom. The van der Waals surface area contributed by atoms with Crippen LogP contribution in [0.15, 0.2) is 24.3 Å². The Bertz CT molecular complexity index is 609. The van der Waals surface area contributed by atoms with Gasteiger partial charge in [-0.2, -0.15) is 0 Å². The molecule has 0 saturated carbocycles. The number of nitrogens with two attached hydrogens (primary N) is 1. The van der Waals surface area contributed by atoms with Crippen molar-refractivity contribution in [1.82, 2.24) is 4.98 Å². The van der Waals surface area contributed by atoms with Crippen LogP contribution < -0.4 is 10.6 Å². The summed E-state index contributed by atoms with van der Waals surface area (Å²) in [5.41, 5.74) is 8.14. The SMILES string of the molecule is CC(C)c1nc(N(C)C(C)c2cccc(Cl)c2)sc1CN. The van der Waals surface area contributed by atoms with Gasteiger partial charge in [-0.3, -0.25) is 0 Å². The zero-order chi connectivity index (χ0) is 15.6. The summed E-state index contributed by atoms with van der Waals surface area (Å²) < 4.78 is 0. The molecule has 114 valence electrons. The van der Waals surface area contributed by atoms with E-state index in [1.54, 1.807) is 11.3 Å². The zero-order valence-electron chi connectivity index (χ0n) is 12.9. The van der Waals surface area contributed by atoms with Gasteiger partial charge in [0.1, 0.15) is 0 Å². The van der Waals surface area contributed by atoms with Crippen LogP contribution in [-0.2, 0) is 6.54 Å². The first-order chi connectivity index (χ1) is 9.93. The summed E-state index contributed by atoms with van der Waals surface area (Å²) in [5.74, 6) is 0.392. The fourth-order valence-corrected chi connectivity index (χ4v) is 3.59. The van der Waals surface area contributed by atoms with Crippen LogP contribution in [0.25, 0.3) is 0 Å². The zero-order valence-corrected chi connectivity index (χ0v) is 14.5. The van der Waals surface area contributed by atoms with Crippen molar-refractivity contribution in [2.75, 3.05) is 11.9 Å². The highest BCUT2D eigenvalue weighted by Crippen LogP contribution is 2.34. The summed E-state index contributed by atoms with van der Waals surface area (Å²) in [7, 11) is 2.06. The van der Waals surface area contributed by atoms with Gasteiger partial charge >= 0.3 is 0 Å². The summed E-state index contributed by atoms with van der Waals surface area (Å²) in [4.78, 5) is 8.13. The second-order valence-corrected chi connectivity index (χ2v) is 7.00. The van der Waals surface area contributed by atoms with E-state index in [9.17, 15) is 0 Å². The number of anilines is 1. The summed E-state index contributed by atoms with van der Waals surface area (Å²) in [6.07, 6.45) is 0. The van der Waals surface area contributed by atoms with Gasteiger partial charge in [0.05, 0.1) is 11.7 Å². The van der Waals surface area contributed by atoms with Gasteiger partial charge in [-0.1, -0.05) is 37.6 Å². The molecule has 2 N–H and O–H groups in total. The molecule has 1 aromatic heterocycles. The molecule has 1 unspecified atom stereocenters. The van der Waals surface area contributed by atoms with Crippen LogP contribution in [0, 0.1) is 0 Å². The average molecular weight is 324 g/mol.